The van der Waals surface area contributed by atoms with Gasteiger partial charge in [0, 0.05) is 23.9 Å². The molecular weight excluding hydrogens is 512 g/mol. The molecule has 1 aliphatic heterocycles. The molecular formula is C32H45ClN2O2S. The van der Waals surface area contributed by atoms with Crippen molar-refractivity contribution in [2.75, 3.05) is 17.8 Å². The number of benzene rings is 2. The molecule has 2 aromatic carbocycles. The summed E-state index contributed by atoms with van der Waals surface area (Å²) in [5.41, 5.74) is 3.59. The maximum absolute atomic E-state index is 12.9. The van der Waals surface area contributed by atoms with Crippen molar-refractivity contribution in [3.8, 4) is 5.75 Å². The van der Waals surface area contributed by atoms with E-state index in [2.05, 4.69) is 35.5 Å². The summed E-state index contributed by atoms with van der Waals surface area (Å²) < 4.78 is 5.90. The van der Waals surface area contributed by atoms with Crippen LogP contribution in [0.5, 0.6) is 5.75 Å². The average molecular weight is 557 g/mol. The van der Waals surface area contributed by atoms with Crippen LogP contribution in [0.4, 0.5) is 5.69 Å². The number of hydrogen-bond donors (Lipinski definition) is 1. The molecule has 0 fully saturated rings. The van der Waals surface area contributed by atoms with Gasteiger partial charge in [0.15, 0.2) is 0 Å². The molecule has 4 nitrogen and oxygen atoms in total. The maximum Gasteiger partial charge on any atom is 0.255 e. The predicted molar refractivity (Wildman–Crippen MR) is 164 cm³/mol. The highest BCUT2D eigenvalue weighted by molar-refractivity contribution is 8.02. The Kier molecular flexibility index (Phi) is 14.0. The summed E-state index contributed by atoms with van der Waals surface area (Å²) >= 11 is 8.27. The summed E-state index contributed by atoms with van der Waals surface area (Å²) in [6.45, 7) is 5.87. The molecule has 6 heteroatoms. The lowest BCUT2D eigenvalue weighted by Crippen LogP contribution is -2.18. The zero-order valence-corrected chi connectivity index (χ0v) is 24.8. The molecule has 0 saturated carbocycles. The second-order valence-corrected chi connectivity index (χ2v) is 11.5. The molecule has 1 heterocycles. The number of halogens is 1. The number of thioether (sulfide) groups is 1. The first-order valence-electron chi connectivity index (χ1n) is 14.4. The lowest BCUT2D eigenvalue weighted by molar-refractivity contribution is 0.102. The molecule has 0 spiro atoms. The van der Waals surface area contributed by atoms with Gasteiger partial charge in [0.1, 0.15) is 5.75 Å². The van der Waals surface area contributed by atoms with Crippen molar-refractivity contribution in [2.24, 2.45) is 0 Å². The average Bonchev–Trinajstić information content (AvgIpc) is 3.32. The molecule has 0 aromatic heterocycles. The second-order valence-electron chi connectivity index (χ2n) is 10.3. The van der Waals surface area contributed by atoms with Gasteiger partial charge in [0.2, 0.25) is 0 Å². The van der Waals surface area contributed by atoms with E-state index in [1.54, 1.807) is 17.8 Å². The van der Waals surface area contributed by atoms with Crippen LogP contribution in [0.15, 0.2) is 53.6 Å². The summed E-state index contributed by atoms with van der Waals surface area (Å²) in [6, 6.07) is 13.2. The second kappa shape index (κ2) is 17.5. The van der Waals surface area contributed by atoms with Gasteiger partial charge in [-0.2, -0.15) is 0 Å². The van der Waals surface area contributed by atoms with Crippen LogP contribution in [0.25, 0.3) is 0 Å². The number of carbonyl (C=O) groups excluding carboxylic acids is 1. The van der Waals surface area contributed by atoms with E-state index >= 15 is 0 Å². The number of hydrogen-bond acceptors (Lipinski definition) is 4. The van der Waals surface area contributed by atoms with E-state index < -0.39 is 0 Å². The van der Waals surface area contributed by atoms with E-state index in [0.29, 0.717) is 22.9 Å². The van der Waals surface area contributed by atoms with E-state index in [4.69, 9.17) is 16.3 Å². The molecule has 0 saturated heterocycles. The van der Waals surface area contributed by atoms with Crippen molar-refractivity contribution in [2.45, 2.75) is 97.4 Å². The molecule has 0 bridgehead atoms. The van der Waals surface area contributed by atoms with Gasteiger partial charge in [-0.3, -0.25) is 4.79 Å². The first-order valence-corrected chi connectivity index (χ1v) is 15.9. The number of anilines is 1. The fourth-order valence-electron chi connectivity index (χ4n) is 4.64. The summed E-state index contributed by atoms with van der Waals surface area (Å²) in [7, 11) is 0. The van der Waals surface area contributed by atoms with Crippen LogP contribution < -0.4 is 10.1 Å². The number of unbranched alkanes of at least 4 members (excludes halogenated alkanes) is 11. The van der Waals surface area contributed by atoms with Gasteiger partial charge in [-0.05, 0) is 48.6 Å². The Labute approximate surface area is 239 Å². The molecule has 208 valence electrons. The number of amides is 1. The minimum atomic E-state index is -0.165. The number of nitrogens with one attached hydrogen (secondary N) is 1. The standard InChI is InChI=1S/C32H45ClN2O2S/c1-3-4-5-6-7-8-9-10-11-12-13-14-20-37-29-18-19-31(30(33)22-29)34-32(36)28-17-15-16-27(21-28)23-35-25-38-24-26(35)2/h15-19,21-22,24H,3-14,20,23,25H2,1-2H3,(H,34,36). The van der Waals surface area contributed by atoms with Crippen molar-refractivity contribution >= 4 is 35.0 Å². The highest BCUT2D eigenvalue weighted by Crippen LogP contribution is 2.28. The Bertz CT molecular complexity index is 1030. The molecule has 0 radical (unpaired) electrons. The SMILES string of the molecule is CCCCCCCCCCCCCCOc1ccc(NC(=O)c2cccc(CN3CSC=C3C)c2)c(Cl)c1. The van der Waals surface area contributed by atoms with E-state index in [0.717, 1.165) is 30.2 Å². The molecule has 1 amide bonds. The lowest BCUT2D eigenvalue weighted by atomic mass is 10.1. The van der Waals surface area contributed by atoms with Gasteiger partial charge in [0.05, 0.1) is 23.2 Å². The topological polar surface area (TPSA) is 41.6 Å². The van der Waals surface area contributed by atoms with Crippen LogP contribution in [0.2, 0.25) is 5.02 Å². The van der Waals surface area contributed by atoms with Crippen molar-refractivity contribution in [1.29, 1.82) is 0 Å². The molecule has 3 rings (SSSR count). The highest BCUT2D eigenvalue weighted by Gasteiger charge is 2.14. The van der Waals surface area contributed by atoms with Crippen LogP contribution in [0, 0.1) is 0 Å². The monoisotopic (exact) mass is 556 g/mol. The van der Waals surface area contributed by atoms with Crippen molar-refractivity contribution in [1.82, 2.24) is 4.90 Å². The zero-order chi connectivity index (χ0) is 27.0. The van der Waals surface area contributed by atoms with E-state index in [1.807, 2.05) is 30.3 Å². The van der Waals surface area contributed by atoms with Crippen molar-refractivity contribution < 1.29 is 9.53 Å². The number of ether oxygens (including phenoxy) is 1. The summed E-state index contributed by atoms with van der Waals surface area (Å²) in [5.74, 6) is 1.53. The van der Waals surface area contributed by atoms with E-state index in [-0.39, 0.29) is 5.91 Å². The molecule has 0 atom stereocenters. The molecule has 0 unspecified atom stereocenters. The summed E-state index contributed by atoms with van der Waals surface area (Å²) in [4.78, 5) is 15.2. The minimum absolute atomic E-state index is 0.165. The Morgan fingerprint density at radius 3 is 2.26 bits per heavy atom. The van der Waals surface area contributed by atoms with Gasteiger partial charge in [-0.1, -0.05) is 101 Å². The molecule has 1 aliphatic rings. The van der Waals surface area contributed by atoms with Crippen molar-refractivity contribution in [3.63, 3.8) is 0 Å². The Morgan fingerprint density at radius 1 is 0.947 bits per heavy atom. The van der Waals surface area contributed by atoms with E-state index in [1.165, 1.54) is 76.3 Å². The highest BCUT2D eigenvalue weighted by atomic mass is 35.5. The van der Waals surface area contributed by atoms with Crippen LogP contribution >= 0.6 is 23.4 Å². The first kappa shape index (κ1) is 30.4. The lowest BCUT2D eigenvalue weighted by Gasteiger charge is -2.19. The zero-order valence-electron chi connectivity index (χ0n) is 23.3. The Morgan fingerprint density at radius 2 is 1.63 bits per heavy atom. The fourth-order valence-corrected chi connectivity index (χ4v) is 5.80. The smallest absolute Gasteiger partial charge is 0.255 e. The third-order valence-corrected chi connectivity index (χ3v) is 8.28. The number of nitrogens with zero attached hydrogens (tertiary/aromatic N) is 1. The third kappa shape index (κ3) is 10.9. The normalized spacial score (nSPS) is 13.0. The Balaban J connectivity index is 1.32. The van der Waals surface area contributed by atoms with Crippen molar-refractivity contribution in [3.05, 3.63) is 69.7 Å². The number of rotatable bonds is 18. The van der Waals surface area contributed by atoms with Crippen LogP contribution in [0.1, 0.15) is 107 Å². The van der Waals surface area contributed by atoms with Crippen LogP contribution in [0.3, 0.4) is 0 Å². The third-order valence-electron chi connectivity index (χ3n) is 7.00. The predicted octanol–water partition coefficient (Wildman–Crippen LogP) is 10.0. The van der Waals surface area contributed by atoms with Gasteiger partial charge in [0.25, 0.3) is 5.91 Å². The molecule has 0 aliphatic carbocycles. The van der Waals surface area contributed by atoms with Crippen LogP contribution in [-0.4, -0.2) is 23.3 Å². The fraction of sp³-hybridized carbons (Fsp3) is 0.531. The largest absolute Gasteiger partial charge is 0.494 e. The van der Waals surface area contributed by atoms with Gasteiger partial charge < -0.3 is 15.0 Å². The van der Waals surface area contributed by atoms with Gasteiger partial charge in [-0.15, -0.1) is 11.8 Å². The summed E-state index contributed by atoms with van der Waals surface area (Å²) in [5, 5.41) is 5.60. The summed E-state index contributed by atoms with van der Waals surface area (Å²) in [6.07, 6.45) is 15.9. The van der Waals surface area contributed by atoms with Crippen LogP contribution in [-0.2, 0) is 6.54 Å². The number of allylic oxidation sites excluding steroid dienone is 1. The number of carbonyl (C=O) groups is 1. The minimum Gasteiger partial charge on any atom is -0.494 e. The first-order chi connectivity index (χ1) is 18.6. The molecule has 2 aromatic rings. The quantitative estimate of drug-likeness (QED) is 0.185. The van der Waals surface area contributed by atoms with Gasteiger partial charge in [-0.25, -0.2) is 0 Å². The van der Waals surface area contributed by atoms with E-state index in [9.17, 15) is 4.79 Å². The van der Waals surface area contributed by atoms with Gasteiger partial charge >= 0.3 is 0 Å². The molecule has 38 heavy (non-hydrogen) atoms. The Hall–Kier alpha value is -2.11. The molecule has 1 N–H and O–H groups in total. The maximum atomic E-state index is 12.9.